The van der Waals surface area contributed by atoms with E-state index >= 15 is 0 Å². The highest BCUT2D eigenvalue weighted by molar-refractivity contribution is 5.81. The van der Waals surface area contributed by atoms with Crippen LogP contribution in [0.3, 0.4) is 0 Å². The monoisotopic (exact) mass is 291 g/mol. The van der Waals surface area contributed by atoms with Crippen LogP contribution in [0, 0.1) is 0 Å². The van der Waals surface area contributed by atoms with Crippen molar-refractivity contribution in [1.29, 1.82) is 0 Å². The van der Waals surface area contributed by atoms with E-state index in [1.54, 1.807) is 0 Å². The Morgan fingerprint density at radius 2 is 1.68 bits per heavy atom. The number of benzene rings is 2. The lowest BCUT2D eigenvalue weighted by atomic mass is 10.1. The Morgan fingerprint density at radius 3 is 2.45 bits per heavy atom. The molecule has 0 aliphatic carbocycles. The number of fused-ring (bicyclic) bond motifs is 1. The second-order valence-electron chi connectivity index (χ2n) is 5.66. The lowest BCUT2D eigenvalue weighted by Gasteiger charge is -2.13. The van der Waals surface area contributed by atoms with Crippen molar-refractivity contribution in [2.24, 2.45) is 0 Å². The average molecular weight is 291 g/mol. The third kappa shape index (κ3) is 3.26. The van der Waals surface area contributed by atoms with Gasteiger partial charge in [0.1, 0.15) is 0 Å². The summed E-state index contributed by atoms with van der Waals surface area (Å²) < 4.78 is 0. The van der Waals surface area contributed by atoms with Crippen LogP contribution in [0.25, 0.3) is 10.9 Å². The van der Waals surface area contributed by atoms with E-state index in [1.807, 2.05) is 12.3 Å². The normalized spacial score (nSPS) is 10.8. The fourth-order valence-electron chi connectivity index (χ4n) is 2.56. The average Bonchev–Trinajstić information content (AvgIpc) is 2.55. The van der Waals surface area contributed by atoms with Crippen LogP contribution in [0.15, 0.2) is 60.8 Å². The molecule has 0 spiro atoms. The molecule has 112 valence electrons. The van der Waals surface area contributed by atoms with Gasteiger partial charge in [0, 0.05) is 44.5 Å². The molecule has 0 aliphatic heterocycles. The topological polar surface area (TPSA) is 28.2 Å². The van der Waals surface area contributed by atoms with Crippen molar-refractivity contribution in [2.75, 3.05) is 19.0 Å². The molecule has 3 nitrogen and oxygen atoms in total. The van der Waals surface area contributed by atoms with Crippen LogP contribution >= 0.6 is 0 Å². The van der Waals surface area contributed by atoms with Gasteiger partial charge >= 0.3 is 0 Å². The molecule has 3 rings (SSSR count). The molecular formula is C19H21N3. The lowest BCUT2D eigenvalue weighted by molar-refractivity contribution is 0.696. The summed E-state index contributed by atoms with van der Waals surface area (Å²) in [6.45, 7) is 1.68. The molecule has 1 heterocycles. The number of nitrogens with zero attached hydrogens (tertiary/aromatic N) is 2. The number of hydrogen-bond acceptors (Lipinski definition) is 3. The van der Waals surface area contributed by atoms with Crippen LogP contribution in [0.4, 0.5) is 5.69 Å². The Kier molecular flexibility index (Phi) is 4.35. The molecule has 0 radical (unpaired) electrons. The van der Waals surface area contributed by atoms with Crippen LogP contribution in [-0.4, -0.2) is 19.1 Å². The van der Waals surface area contributed by atoms with E-state index < -0.39 is 0 Å². The van der Waals surface area contributed by atoms with Crippen LogP contribution in [-0.2, 0) is 13.1 Å². The molecule has 0 aliphatic rings. The van der Waals surface area contributed by atoms with Crippen molar-refractivity contribution in [3.05, 3.63) is 71.9 Å². The zero-order valence-electron chi connectivity index (χ0n) is 13.1. The van der Waals surface area contributed by atoms with Crippen LogP contribution < -0.4 is 10.2 Å². The number of aromatic nitrogens is 1. The molecule has 0 unspecified atom stereocenters. The molecule has 3 heteroatoms. The first-order valence-electron chi connectivity index (χ1n) is 7.53. The van der Waals surface area contributed by atoms with Crippen LogP contribution in [0.5, 0.6) is 0 Å². The highest BCUT2D eigenvalue weighted by Gasteiger charge is 2.01. The Hall–Kier alpha value is -2.39. The predicted octanol–water partition coefficient (Wildman–Crippen LogP) is 3.59. The summed E-state index contributed by atoms with van der Waals surface area (Å²) in [5.41, 5.74) is 4.84. The van der Waals surface area contributed by atoms with Crippen molar-refractivity contribution >= 4 is 16.6 Å². The Balaban J connectivity index is 1.65. The largest absolute Gasteiger partial charge is 0.378 e. The minimum absolute atomic E-state index is 0.823. The minimum Gasteiger partial charge on any atom is -0.378 e. The maximum Gasteiger partial charge on any atom is 0.0746 e. The Labute approximate surface area is 131 Å². The molecule has 0 saturated heterocycles. The van der Waals surface area contributed by atoms with Gasteiger partial charge in [0.25, 0.3) is 0 Å². The summed E-state index contributed by atoms with van der Waals surface area (Å²) in [6.07, 6.45) is 1.85. The van der Waals surface area contributed by atoms with E-state index in [9.17, 15) is 0 Å². The second-order valence-corrected chi connectivity index (χ2v) is 5.66. The quantitative estimate of drug-likeness (QED) is 0.778. The molecule has 0 amide bonds. The SMILES string of the molecule is CN(C)c1ccc(CNCc2cccc3cccnc23)cc1. The summed E-state index contributed by atoms with van der Waals surface area (Å²) >= 11 is 0. The number of rotatable bonds is 5. The predicted molar refractivity (Wildman–Crippen MR) is 93.1 cm³/mol. The van der Waals surface area contributed by atoms with E-state index in [4.69, 9.17) is 0 Å². The van der Waals surface area contributed by atoms with Gasteiger partial charge in [-0.05, 0) is 29.3 Å². The Bertz CT molecular complexity index is 743. The molecule has 0 fully saturated rings. The zero-order valence-corrected chi connectivity index (χ0v) is 13.1. The van der Waals surface area contributed by atoms with E-state index in [2.05, 4.69) is 77.8 Å². The van der Waals surface area contributed by atoms with Crippen LogP contribution in [0.1, 0.15) is 11.1 Å². The number of para-hydroxylation sites is 1. The fourth-order valence-corrected chi connectivity index (χ4v) is 2.56. The summed E-state index contributed by atoms with van der Waals surface area (Å²) in [5.74, 6) is 0. The van der Waals surface area contributed by atoms with Gasteiger partial charge in [-0.2, -0.15) is 0 Å². The van der Waals surface area contributed by atoms with Gasteiger partial charge in [-0.15, -0.1) is 0 Å². The van der Waals surface area contributed by atoms with Gasteiger partial charge < -0.3 is 10.2 Å². The maximum atomic E-state index is 4.49. The molecule has 2 aromatic carbocycles. The summed E-state index contributed by atoms with van der Waals surface area (Å²) in [4.78, 5) is 6.60. The molecule has 0 bridgehead atoms. The third-order valence-corrected chi connectivity index (χ3v) is 3.81. The summed E-state index contributed by atoms with van der Waals surface area (Å²) in [5, 5.41) is 4.70. The van der Waals surface area contributed by atoms with E-state index in [-0.39, 0.29) is 0 Å². The summed E-state index contributed by atoms with van der Waals surface area (Å²) in [7, 11) is 4.11. The molecular weight excluding hydrogens is 270 g/mol. The number of anilines is 1. The number of pyridine rings is 1. The van der Waals surface area contributed by atoms with Crippen molar-refractivity contribution in [2.45, 2.75) is 13.1 Å². The van der Waals surface area contributed by atoms with E-state index in [0.29, 0.717) is 0 Å². The highest BCUT2D eigenvalue weighted by atomic mass is 15.1. The summed E-state index contributed by atoms with van der Waals surface area (Å²) in [6, 6.07) is 19.0. The molecule has 0 saturated carbocycles. The van der Waals surface area contributed by atoms with Crippen molar-refractivity contribution in [1.82, 2.24) is 10.3 Å². The highest BCUT2D eigenvalue weighted by Crippen LogP contribution is 2.16. The molecule has 1 aromatic heterocycles. The fraction of sp³-hybridized carbons (Fsp3) is 0.211. The molecule has 1 N–H and O–H groups in total. The van der Waals surface area contributed by atoms with E-state index in [0.717, 1.165) is 18.6 Å². The zero-order chi connectivity index (χ0) is 15.4. The third-order valence-electron chi connectivity index (χ3n) is 3.81. The first kappa shape index (κ1) is 14.5. The standard InChI is InChI=1S/C19H21N3/c1-22(2)18-10-8-15(9-11-18)13-20-14-17-6-3-5-16-7-4-12-21-19(16)17/h3-12,20H,13-14H2,1-2H3. The molecule has 3 aromatic rings. The van der Waals surface area contributed by atoms with Crippen molar-refractivity contribution in [3.8, 4) is 0 Å². The Morgan fingerprint density at radius 1 is 0.909 bits per heavy atom. The van der Waals surface area contributed by atoms with Gasteiger partial charge in [0.05, 0.1) is 5.52 Å². The van der Waals surface area contributed by atoms with E-state index in [1.165, 1.54) is 22.2 Å². The smallest absolute Gasteiger partial charge is 0.0746 e. The minimum atomic E-state index is 0.823. The van der Waals surface area contributed by atoms with Gasteiger partial charge in [-0.25, -0.2) is 0 Å². The second kappa shape index (κ2) is 6.58. The lowest BCUT2D eigenvalue weighted by Crippen LogP contribution is -2.13. The van der Waals surface area contributed by atoms with Gasteiger partial charge in [-0.1, -0.05) is 36.4 Å². The van der Waals surface area contributed by atoms with Gasteiger partial charge in [-0.3, -0.25) is 4.98 Å². The van der Waals surface area contributed by atoms with Gasteiger partial charge in [0.15, 0.2) is 0 Å². The van der Waals surface area contributed by atoms with Gasteiger partial charge in [0.2, 0.25) is 0 Å². The van der Waals surface area contributed by atoms with Crippen molar-refractivity contribution < 1.29 is 0 Å². The number of nitrogens with one attached hydrogen (secondary N) is 1. The van der Waals surface area contributed by atoms with Crippen molar-refractivity contribution in [3.63, 3.8) is 0 Å². The molecule has 22 heavy (non-hydrogen) atoms. The number of hydrogen-bond donors (Lipinski definition) is 1. The molecule has 0 atom stereocenters. The first-order chi connectivity index (χ1) is 10.7. The first-order valence-corrected chi connectivity index (χ1v) is 7.53. The maximum absolute atomic E-state index is 4.49. The van der Waals surface area contributed by atoms with Crippen LogP contribution in [0.2, 0.25) is 0 Å².